The summed E-state index contributed by atoms with van der Waals surface area (Å²) >= 11 is 0. The monoisotopic (exact) mass is 277 g/mol. The molecule has 20 heavy (non-hydrogen) atoms. The second-order valence-electron chi connectivity index (χ2n) is 6.30. The Labute approximate surface area is 120 Å². The third-order valence-electron chi connectivity index (χ3n) is 3.01. The maximum atomic E-state index is 11.6. The van der Waals surface area contributed by atoms with Crippen molar-refractivity contribution in [2.24, 2.45) is 0 Å². The maximum Gasteiger partial charge on any atom is 0.407 e. The molecule has 1 aliphatic rings. The smallest absolute Gasteiger partial charge is 0.407 e. The molecular formula is C15H23N3O2. The van der Waals surface area contributed by atoms with Crippen LogP contribution >= 0.6 is 0 Å². The largest absolute Gasteiger partial charge is 0.444 e. The number of aryl methyl sites for hydroxylation is 1. The molecule has 0 spiro atoms. The van der Waals surface area contributed by atoms with Gasteiger partial charge in [-0.15, -0.1) is 0 Å². The van der Waals surface area contributed by atoms with Crippen LogP contribution in [0.3, 0.4) is 0 Å². The van der Waals surface area contributed by atoms with E-state index in [1.54, 1.807) is 0 Å². The highest BCUT2D eigenvalue weighted by Crippen LogP contribution is 2.22. The minimum atomic E-state index is -0.451. The number of ether oxygens (including phenoxy) is 1. The minimum Gasteiger partial charge on any atom is -0.444 e. The van der Waals surface area contributed by atoms with E-state index < -0.39 is 5.60 Å². The lowest BCUT2D eigenvalue weighted by molar-refractivity contribution is 0.0522. The zero-order chi connectivity index (χ0) is 14.8. The van der Waals surface area contributed by atoms with Gasteiger partial charge < -0.3 is 15.4 Å². The van der Waals surface area contributed by atoms with Gasteiger partial charge in [0.2, 0.25) is 0 Å². The molecule has 1 heterocycles. The van der Waals surface area contributed by atoms with E-state index >= 15 is 0 Å². The zero-order valence-electron chi connectivity index (χ0n) is 12.6. The number of pyridine rings is 1. The lowest BCUT2D eigenvalue weighted by Gasteiger charge is -2.19. The first kappa shape index (κ1) is 14.8. The molecule has 0 bridgehead atoms. The third-order valence-corrected chi connectivity index (χ3v) is 3.01. The van der Waals surface area contributed by atoms with Crippen LogP contribution in [0.1, 0.15) is 38.4 Å². The van der Waals surface area contributed by atoms with Crippen molar-refractivity contribution >= 4 is 6.09 Å². The van der Waals surface area contributed by atoms with Crippen molar-refractivity contribution in [2.45, 2.75) is 58.3 Å². The molecule has 0 saturated heterocycles. The number of amides is 1. The van der Waals surface area contributed by atoms with Gasteiger partial charge >= 0.3 is 6.09 Å². The Morgan fingerprint density at radius 3 is 2.75 bits per heavy atom. The van der Waals surface area contributed by atoms with Gasteiger partial charge in [0.15, 0.2) is 0 Å². The lowest BCUT2D eigenvalue weighted by atomic mass is 10.2. The molecule has 110 valence electrons. The molecule has 5 heteroatoms. The predicted molar refractivity (Wildman–Crippen MR) is 77.4 cm³/mol. The van der Waals surface area contributed by atoms with E-state index in [9.17, 15) is 4.79 Å². The Morgan fingerprint density at radius 2 is 2.15 bits per heavy atom. The molecule has 0 aliphatic heterocycles. The summed E-state index contributed by atoms with van der Waals surface area (Å²) in [4.78, 5) is 15.9. The number of hydrogen-bond donors (Lipinski definition) is 2. The van der Waals surface area contributed by atoms with Crippen LogP contribution in [0.4, 0.5) is 4.79 Å². The van der Waals surface area contributed by atoms with Crippen molar-refractivity contribution in [3.8, 4) is 0 Å². The highest BCUT2D eigenvalue weighted by atomic mass is 16.6. The third kappa shape index (κ3) is 4.81. The predicted octanol–water partition coefficient (Wildman–Crippen LogP) is 2.15. The van der Waals surface area contributed by atoms with Crippen molar-refractivity contribution in [1.82, 2.24) is 15.6 Å². The first-order valence-corrected chi connectivity index (χ1v) is 6.98. The number of nitrogens with one attached hydrogen (secondary N) is 2. The molecule has 2 rings (SSSR count). The second-order valence-corrected chi connectivity index (χ2v) is 6.30. The lowest BCUT2D eigenvalue weighted by Crippen LogP contribution is -2.36. The number of nitrogens with zero attached hydrogens (tertiary/aromatic N) is 1. The summed E-state index contributed by atoms with van der Waals surface area (Å²) in [5.41, 5.74) is 1.72. The van der Waals surface area contributed by atoms with E-state index in [2.05, 4.69) is 15.6 Å². The average Bonchev–Trinajstić information content (AvgIpc) is 3.04. The molecule has 1 aromatic rings. The highest BCUT2D eigenvalue weighted by molar-refractivity contribution is 5.68. The maximum absolute atomic E-state index is 11.6. The topological polar surface area (TPSA) is 63.2 Å². The van der Waals surface area contributed by atoms with E-state index in [0.29, 0.717) is 6.04 Å². The Morgan fingerprint density at radius 1 is 1.40 bits per heavy atom. The van der Waals surface area contributed by atoms with Gasteiger partial charge in [0, 0.05) is 24.8 Å². The van der Waals surface area contributed by atoms with Crippen molar-refractivity contribution in [2.75, 3.05) is 0 Å². The molecule has 2 N–H and O–H groups in total. The second kappa shape index (κ2) is 5.79. The first-order valence-electron chi connectivity index (χ1n) is 6.98. The van der Waals surface area contributed by atoms with Crippen LogP contribution in [0.2, 0.25) is 0 Å². The molecule has 1 aromatic heterocycles. The van der Waals surface area contributed by atoms with Crippen molar-refractivity contribution in [3.05, 3.63) is 29.6 Å². The quantitative estimate of drug-likeness (QED) is 0.885. The van der Waals surface area contributed by atoms with Crippen LogP contribution in [-0.4, -0.2) is 28.8 Å². The molecule has 1 amide bonds. The molecule has 1 aliphatic carbocycles. The normalized spacial score (nSPS) is 21.4. The Hall–Kier alpha value is -1.62. The summed E-state index contributed by atoms with van der Waals surface area (Å²) in [6.07, 6.45) is 2.45. The Balaban J connectivity index is 1.68. The van der Waals surface area contributed by atoms with Gasteiger partial charge in [-0.25, -0.2) is 4.79 Å². The fourth-order valence-corrected chi connectivity index (χ4v) is 1.88. The van der Waals surface area contributed by atoms with Gasteiger partial charge in [-0.3, -0.25) is 4.98 Å². The molecule has 2 atom stereocenters. The number of aromatic nitrogens is 1. The van der Waals surface area contributed by atoms with Gasteiger partial charge in [-0.2, -0.15) is 0 Å². The first-order chi connectivity index (χ1) is 9.33. The summed E-state index contributed by atoms with van der Waals surface area (Å²) in [6, 6.07) is 4.54. The zero-order valence-corrected chi connectivity index (χ0v) is 12.6. The van der Waals surface area contributed by atoms with E-state index in [1.807, 2.05) is 46.0 Å². The fourth-order valence-electron chi connectivity index (χ4n) is 1.88. The summed E-state index contributed by atoms with van der Waals surface area (Å²) in [5.74, 6) is 0. The van der Waals surface area contributed by atoms with Crippen molar-refractivity contribution in [3.63, 3.8) is 0 Å². The number of carbonyl (C=O) groups excluding carboxylic acids is 1. The number of carbonyl (C=O) groups is 1. The Bertz CT molecular complexity index is 465. The average molecular weight is 277 g/mol. The summed E-state index contributed by atoms with van der Waals surface area (Å²) in [6.45, 7) is 8.32. The molecule has 1 saturated carbocycles. The number of alkyl carbamates (subject to hydrolysis) is 1. The van der Waals surface area contributed by atoms with Gasteiger partial charge in [0.05, 0.1) is 5.69 Å². The van der Waals surface area contributed by atoms with E-state index in [0.717, 1.165) is 24.2 Å². The van der Waals surface area contributed by atoms with Crippen LogP contribution < -0.4 is 10.6 Å². The van der Waals surface area contributed by atoms with Gasteiger partial charge in [-0.1, -0.05) is 6.07 Å². The van der Waals surface area contributed by atoms with E-state index in [4.69, 9.17) is 4.74 Å². The highest BCUT2D eigenvalue weighted by Gasteiger charge is 2.38. The molecule has 2 unspecified atom stereocenters. The standard InChI is InChI=1S/C15H23N3O2/c1-10-5-6-11(16-8-10)9-17-12-7-13(12)18-14(19)20-15(2,3)4/h5-6,8,12-13,17H,7,9H2,1-4H3,(H,18,19). The van der Waals surface area contributed by atoms with Crippen LogP contribution in [-0.2, 0) is 11.3 Å². The molecule has 1 fully saturated rings. The van der Waals surface area contributed by atoms with Crippen LogP contribution in [0, 0.1) is 6.92 Å². The number of rotatable bonds is 4. The Kier molecular flexibility index (Phi) is 4.28. The van der Waals surface area contributed by atoms with Crippen LogP contribution in [0.5, 0.6) is 0 Å². The molecule has 5 nitrogen and oxygen atoms in total. The fraction of sp³-hybridized carbons (Fsp3) is 0.600. The number of hydrogen-bond acceptors (Lipinski definition) is 4. The van der Waals surface area contributed by atoms with Crippen molar-refractivity contribution in [1.29, 1.82) is 0 Å². The van der Waals surface area contributed by atoms with Crippen LogP contribution in [0.15, 0.2) is 18.3 Å². The summed E-state index contributed by atoms with van der Waals surface area (Å²) in [7, 11) is 0. The minimum absolute atomic E-state index is 0.162. The summed E-state index contributed by atoms with van der Waals surface area (Å²) in [5, 5.41) is 6.24. The summed E-state index contributed by atoms with van der Waals surface area (Å²) < 4.78 is 5.22. The van der Waals surface area contributed by atoms with Gasteiger partial charge in [-0.05, 0) is 45.7 Å². The molecule has 0 radical (unpaired) electrons. The van der Waals surface area contributed by atoms with Crippen LogP contribution in [0.25, 0.3) is 0 Å². The van der Waals surface area contributed by atoms with E-state index in [1.165, 1.54) is 0 Å². The van der Waals surface area contributed by atoms with Crippen molar-refractivity contribution < 1.29 is 9.53 Å². The van der Waals surface area contributed by atoms with Gasteiger partial charge in [0.25, 0.3) is 0 Å². The molecular weight excluding hydrogens is 254 g/mol. The SMILES string of the molecule is Cc1ccc(CNC2CC2NC(=O)OC(C)(C)C)nc1. The van der Waals surface area contributed by atoms with Gasteiger partial charge in [0.1, 0.15) is 5.60 Å². The molecule has 0 aromatic carbocycles. The van der Waals surface area contributed by atoms with E-state index in [-0.39, 0.29) is 12.1 Å².